The maximum Gasteiger partial charge on any atom is 0.338 e. The SMILES string of the molecule is CCOC(=O)C1=C(c2ccccc2)N=c2s/c(=C/c3cc(C)n(-c4cccc(C(=O)OC)c4)c3C)c(=O)n2[C@H]1c1ccc(OC)c(OC)c1. The van der Waals surface area contributed by atoms with E-state index in [-0.39, 0.29) is 17.7 Å². The third-order valence-electron chi connectivity index (χ3n) is 8.38. The molecule has 250 valence electrons. The second-order valence-electron chi connectivity index (χ2n) is 11.2. The zero-order valence-electron chi connectivity index (χ0n) is 28.0. The molecular weight excluding hydrogens is 642 g/mol. The molecule has 0 bridgehead atoms. The summed E-state index contributed by atoms with van der Waals surface area (Å²) in [5.74, 6) is -0.0352. The Bertz CT molecular complexity index is 2300. The number of carbonyl (C=O) groups excluding carboxylic acids is 2. The van der Waals surface area contributed by atoms with E-state index < -0.39 is 18.0 Å². The number of rotatable bonds is 9. The Hall–Kier alpha value is -5.68. The lowest BCUT2D eigenvalue weighted by atomic mass is 9.93. The van der Waals surface area contributed by atoms with Gasteiger partial charge in [0, 0.05) is 22.6 Å². The fourth-order valence-corrected chi connectivity index (χ4v) is 7.13. The number of ether oxygens (including phenoxy) is 4. The fraction of sp³-hybridized carbons (Fsp3) is 0.211. The van der Waals surface area contributed by atoms with E-state index in [0.717, 1.165) is 22.6 Å². The minimum Gasteiger partial charge on any atom is -0.493 e. The number of nitrogens with zero attached hydrogens (tertiary/aromatic N) is 3. The van der Waals surface area contributed by atoms with Gasteiger partial charge in [0.25, 0.3) is 5.56 Å². The van der Waals surface area contributed by atoms with Crippen molar-refractivity contribution < 1.29 is 28.5 Å². The fourth-order valence-electron chi connectivity index (χ4n) is 6.14. The molecule has 0 saturated carbocycles. The van der Waals surface area contributed by atoms with Gasteiger partial charge in [-0.1, -0.05) is 53.8 Å². The lowest BCUT2D eigenvalue weighted by Gasteiger charge is -2.26. The van der Waals surface area contributed by atoms with Crippen LogP contribution >= 0.6 is 11.3 Å². The van der Waals surface area contributed by atoms with Crippen LogP contribution in [0.3, 0.4) is 0 Å². The predicted molar refractivity (Wildman–Crippen MR) is 187 cm³/mol. The van der Waals surface area contributed by atoms with Crippen LogP contribution in [0.25, 0.3) is 17.5 Å². The maximum absolute atomic E-state index is 14.5. The summed E-state index contributed by atoms with van der Waals surface area (Å²) in [5.41, 5.74) is 5.53. The van der Waals surface area contributed by atoms with E-state index in [1.165, 1.54) is 25.6 Å². The van der Waals surface area contributed by atoms with Gasteiger partial charge >= 0.3 is 11.9 Å². The lowest BCUT2D eigenvalue weighted by molar-refractivity contribution is -0.138. The Kier molecular flexibility index (Phi) is 9.37. The highest BCUT2D eigenvalue weighted by molar-refractivity contribution is 7.07. The highest BCUT2D eigenvalue weighted by Crippen LogP contribution is 2.38. The highest BCUT2D eigenvalue weighted by atomic mass is 32.1. The van der Waals surface area contributed by atoms with Gasteiger partial charge in [0.1, 0.15) is 0 Å². The van der Waals surface area contributed by atoms with Gasteiger partial charge in [-0.3, -0.25) is 9.36 Å². The van der Waals surface area contributed by atoms with Crippen molar-refractivity contribution in [3.8, 4) is 17.2 Å². The van der Waals surface area contributed by atoms with E-state index in [1.54, 1.807) is 48.9 Å². The van der Waals surface area contributed by atoms with Crippen LogP contribution in [0.15, 0.2) is 94.2 Å². The molecule has 3 heterocycles. The van der Waals surface area contributed by atoms with E-state index in [4.69, 9.17) is 23.9 Å². The van der Waals surface area contributed by atoms with Gasteiger partial charge in [-0.2, -0.15) is 0 Å². The van der Waals surface area contributed by atoms with Crippen molar-refractivity contribution in [3.63, 3.8) is 0 Å². The number of aryl methyl sites for hydroxylation is 1. The first-order chi connectivity index (χ1) is 23.7. The number of hydrogen-bond donors (Lipinski definition) is 0. The number of fused-ring (bicyclic) bond motifs is 1. The molecule has 10 nitrogen and oxygen atoms in total. The minimum atomic E-state index is -0.874. The Morgan fingerprint density at radius 2 is 1.65 bits per heavy atom. The quantitative estimate of drug-likeness (QED) is 0.199. The highest BCUT2D eigenvalue weighted by Gasteiger charge is 2.35. The van der Waals surface area contributed by atoms with E-state index in [9.17, 15) is 14.4 Å². The molecule has 0 N–H and O–H groups in total. The summed E-state index contributed by atoms with van der Waals surface area (Å²) in [6, 6.07) is 23.0. The van der Waals surface area contributed by atoms with Gasteiger partial charge in [-0.05, 0) is 74.4 Å². The number of thiazole rings is 1. The Morgan fingerprint density at radius 3 is 2.35 bits per heavy atom. The van der Waals surface area contributed by atoms with Crippen molar-refractivity contribution in [2.75, 3.05) is 27.9 Å². The molecular formula is C38H35N3O7S. The number of benzene rings is 3. The third-order valence-corrected chi connectivity index (χ3v) is 9.36. The summed E-state index contributed by atoms with van der Waals surface area (Å²) < 4.78 is 25.6. The average molecular weight is 678 g/mol. The molecule has 5 aromatic rings. The predicted octanol–water partition coefficient (Wildman–Crippen LogP) is 5.15. The van der Waals surface area contributed by atoms with Crippen LogP contribution < -0.4 is 24.4 Å². The van der Waals surface area contributed by atoms with E-state index in [1.807, 2.05) is 73.0 Å². The summed E-state index contributed by atoms with van der Waals surface area (Å²) in [7, 11) is 4.43. The molecule has 1 aliphatic heterocycles. The molecule has 0 unspecified atom stereocenters. The molecule has 0 aliphatic carbocycles. The molecule has 49 heavy (non-hydrogen) atoms. The first-order valence-corrected chi connectivity index (χ1v) is 16.4. The molecule has 1 atom stereocenters. The standard InChI is InChI=1S/C38H35N3O7S/c1-7-48-37(44)32-33(24-12-9-8-10-13-24)39-38-41(34(32)25-16-17-29(45-4)30(20-25)46-5)35(42)31(49-38)21-27-18-22(2)40(23(27)3)28-15-11-14-26(19-28)36(43)47-6/h8-21,34H,7H2,1-6H3/b31-21+/t34-/m0/s1. The molecule has 11 heteroatoms. The van der Waals surface area contributed by atoms with E-state index in [0.29, 0.717) is 43.2 Å². The van der Waals surface area contributed by atoms with Crippen molar-refractivity contribution >= 4 is 35.0 Å². The van der Waals surface area contributed by atoms with Gasteiger partial charge in [-0.15, -0.1) is 0 Å². The van der Waals surface area contributed by atoms with Crippen molar-refractivity contribution in [2.24, 2.45) is 4.99 Å². The van der Waals surface area contributed by atoms with Crippen LogP contribution in [0.1, 0.15) is 51.4 Å². The second-order valence-corrected chi connectivity index (χ2v) is 12.3. The molecule has 0 amide bonds. The monoisotopic (exact) mass is 677 g/mol. The van der Waals surface area contributed by atoms with Crippen LogP contribution in [-0.2, 0) is 14.3 Å². The molecule has 6 rings (SSSR count). The van der Waals surface area contributed by atoms with E-state index in [2.05, 4.69) is 0 Å². The number of methoxy groups -OCH3 is 3. The molecule has 2 aromatic heterocycles. The van der Waals surface area contributed by atoms with Crippen LogP contribution in [0, 0.1) is 13.8 Å². The van der Waals surface area contributed by atoms with Crippen molar-refractivity contribution in [2.45, 2.75) is 26.8 Å². The molecule has 3 aromatic carbocycles. The van der Waals surface area contributed by atoms with Crippen LogP contribution in [0.4, 0.5) is 0 Å². The summed E-state index contributed by atoms with van der Waals surface area (Å²) in [6.07, 6.45) is 1.84. The Morgan fingerprint density at radius 1 is 0.898 bits per heavy atom. The zero-order chi connectivity index (χ0) is 34.8. The first-order valence-electron chi connectivity index (χ1n) is 15.6. The summed E-state index contributed by atoms with van der Waals surface area (Å²) in [6.45, 7) is 5.81. The Labute approximate surface area is 286 Å². The van der Waals surface area contributed by atoms with Crippen molar-refractivity contribution in [3.05, 3.63) is 138 Å². The lowest BCUT2D eigenvalue weighted by Crippen LogP contribution is -2.40. The van der Waals surface area contributed by atoms with Gasteiger partial charge < -0.3 is 23.5 Å². The molecule has 1 aliphatic rings. The van der Waals surface area contributed by atoms with Crippen LogP contribution in [0.5, 0.6) is 11.5 Å². The summed E-state index contributed by atoms with van der Waals surface area (Å²) >= 11 is 1.24. The third kappa shape index (κ3) is 6.09. The largest absolute Gasteiger partial charge is 0.493 e. The summed E-state index contributed by atoms with van der Waals surface area (Å²) in [5, 5.41) is 0. The number of hydrogen-bond acceptors (Lipinski definition) is 9. The normalized spacial score (nSPS) is 14.2. The average Bonchev–Trinajstić information content (AvgIpc) is 3.59. The van der Waals surface area contributed by atoms with E-state index >= 15 is 0 Å². The van der Waals surface area contributed by atoms with Crippen molar-refractivity contribution in [1.82, 2.24) is 9.13 Å². The molecule has 0 radical (unpaired) electrons. The molecule has 0 saturated heterocycles. The molecule has 0 spiro atoms. The van der Waals surface area contributed by atoms with Gasteiger partial charge in [0.05, 0.1) is 55.3 Å². The van der Waals surface area contributed by atoms with Gasteiger partial charge in [0.2, 0.25) is 0 Å². The first kappa shape index (κ1) is 33.2. The van der Waals surface area contributed by atoms with Crippen molar-refractivity contribution in [1.29, 1.82) is 0 Å². The topological polar surface area (TPSA) is 110 Å². The Balaban J connectivity index is 1.59. The number of aromatic nitrogens is 2. The van der Waals surface area contributed by atoms with Crippen LogP contribution in [0.2, 0.25) is 0 Å². The second kappa shape index (κ2) is 13.8. The van der Waals surface area contributed by atoms with Crippen LogP contribution in [-0.4, -0.2) is 49.0 Å². The zero-order valence-corrected chi connectivity index (χ0v) is 28.8. The summed E-state index contributed by atoms with van der Waals surface area (Å²) in [4.78, 5) is 45.9. The number of esters is 2. The smallest absolute Gasteiger partial charge is 0.338 e. The van der Waals surface area contributed by atoms with Gasteiger partial charge in [0.15, 0.2) is 16.3 Å². The minimum absolute atomic E-state index is 0.144. The maximum atomic E-state index is 14.5. The molecule has 0 fully saturated rings. The van der Waals surface area contributed by atoms with Gasteiger partial charge in [-0.25, -0.2) is 14.6 Å². The number of carbonyl (C=O) groups is 2.